The number of benzene rings is 1. The molecule has 3 atom stereocenters. The molecule has 1 heterocycles. The Kier molecular flexibility index (Phi) is 6.34. The predicted octanol–water partition coefficient (Wildman–Crippen LogP) is 2.54. The minimum absolute atomic E-state index is 0.0507. The maximum Gasteiger partial charge on any atom is 0.348 e. The fourth-order valence-electron chi connectivity index (χ4n) is 3.47. The van der Waals surface area contributed by atoms with Gasteiger partial charge in [-0.15, -0.1) is 0 Å². The Labute approximate surface area is 164 Å². The second-order valence-corrected chi connectivity index (χ2v) is 7.33. The monoisotopic (exact) mass is 386 g/mol. The summed E-state index contributed by atoms with van der Waals surface area (Å²) in [6.45, 7) is 3.38. The van der Waals surface area contributed by atoms with Crippen LogP contribution in [0.25, 0.3) is 0 Å². The van der Waals surface area contributed by atoms with Gasteiger partial charge in [0.1, 0.15) is 0 Å². The number of carbonyl (C=O) groups is 3. The molecule has 3 rings (SSSR count). The molecule has 1 aromatic rings. The normalized spacial score (nSPS) is 23.0. The first-order chi connectivity index (χ1) is 13.5. The number of anilines is 1. The molecule has 0 radical (unpaired) electrons. The molecule has 1 aliphatic heterocycles. The standard InChI is InChI=1S/C21H26N2O5/c1-13-8-6-7-11-16(13)23-19(25)14(2)28-21(26)18-17(24)12-27-20(18)22-15-9-4-3-5-10-15/h3-5,9-10,13-14,16,22H,6-8,11-12H2,1-2H3,(H,23,25)/t13-,14+,16+/m0/s1. The van der Waals surface area contributed by atoms with Gasteiger partial charge < -0.3 is 20.1 Å². The number of rotatable bonds is 6. The van der Waals surface area contributed by atoms with E-state index in [1.165, 1.54) is 13.3 Å². The third-order valence-corrected chi connectivity index (χ3v) is 5.18. The summed E-state index contributed by atoms with van der Waals surface area (Å²) in [5, 5.41) is 5.87. The molecule has 0 bridgehead atoms. The van der Waals surface area contributed by atoms with Crippen LogP contribution in [0.5, 0.6) is 0 Å². The van der Waals surface area contributed by atoms with E-state index in [-0.39, 0.29) is 30.0 Å². The average Bonchev–Trinajstić information content (AvgIpc) is 3.04. The molecule has 7 heteroatoms. The van der Waals surface area contributed by atoms with Crippen LogP contribution in [0.15, 0.2) is 41.8 Å². The van der Waals surface area contributed by atoms with Crippen LogP contribution in [0, 0.1) is 5.92 Å². The average molecular weight is 386 g/mol. The lowest BCUT2D eigenvalue weighted by molar-refractivity contribution is -0.152. The zero-order chi connectivity index (χ0) is 20.1. The Morgan fingerprint density at radius 3 is 2.61 bits per heavy atom. The second-order valence-electron chi connectivity index (χ2n) is 7.33. The summed E-state index contributed by atoms with van der Waals surface area (Å²) in [7, 11) is 0. The first kappa shape index (κ1) is 19.9. The summed E-state index contributed by atoms with van der Waals surface area (Å²) in [6, 6.07) is 9.14. The number of amides is 1. The largest absolute Gasteiger partial charge is 0.470 e. The van der Waals surface area contributed by atoms with Crippen LogP contribution in [0.3, 0.4) is 0 Å². The van der Waals surface area contributed by atoms with Gasteiger partial charge in [0.25, 0.3) is 5.91 Å². The van der Waals surface area contributed by atoms with E-state index in [2.05, 4.69) is 17.6 Å². The van der Waals surface area contributed by atoms with Crippen LogP contribution >= 0.6 is 0 Å². The molecule has 2 aliphatic rings. The lowest BCUT2D eigenvalue weighted by atomic mass is 9.86. The Morgan fingerprint density at radius 1 is 1.18 bits per heavy atom. The summed E-state index contributed by atoms with van der Waals surface area (Å²) in [5.41, 5.74) is 0.476. The van der Waals surface area contributed by atoms with Crippen molar-refractivity contribution >= 4 is 23.3 Å². The highest BCUT2D eigenvalue weighted by atomic mass is 16.6. The first-order valence-corrected chi connectivity index (χ1v) is 9.69. The van der Waals surface area contributed by atoms with E-state index in [1.54, 1.807) is 12.1 Å². The fourth-order valence-corrected chi connectivity index (χ4v) is 3.47. The fraction of sp³-hybridized carbons (Fsp3) is 0.476. The molecule has 0 saturated heterocycles. The molecule has 28 heavy (non-hydrogen) atoms. The van der Waals surface area contributed by atoms with Crippen molar-refractivity contribution in [1.82, 2.24) is 5.32 Å². The SMILES string of the molecule is C[C@@H](OC(=O)C1=C(Nc2ccccc2)OCC1=O)C(=O)N[C@@H]1CCCC[C@@H]1C. The van der Waals surface area contributed by atoms with Gasteiger partial charge in [0.05, 0.1) is 0 Å². The van der Waals surface area contributed by atoms with E-state index >= 15 is 0 Å². The molecule has 1 aliphatic carbocycles. The van der Waals surface area contributed by atoms with Crippen molar-refractivity contribution in [1.29, 1.82) is 0 Å². The zero-order valence-electron chi connectivity index (χ0n) is 16.2. The molecule has 7 nitrogen and oxygen atoms in total. The topological polar surface area (TPSA) is 93.7 Å². The number of hydrogen-bond donors (Lipinski definition) is 2. The minimum Gasteiger partial charge on any atom is -0.470 e. The number of hydrogen-bond acceptors (Lipinski definition) is 6. The second kappa shape index (κ2) is 8.91. The van der Waals surface area contributed by atoms with E-state index in [1.807, 2.05) is 18.2 Å². The lowest BCUT2D eigenvalue weighted by Gasteiger charge is -2.30. The van der Waals surface area contributed by atoms with Crippen LogP contribution in [0.4, 0.5) is 5.69 Å². The number of esters is 1. The van der Waals surface area contributed by atoms with Crippen molar-refractivity contribution in [3.63, 3.8) is 0 Å². The van der Waals surface area contributed by atoms with Crippen LogP contribution in [-0.4, -0.2) is 36.4 Å². The molecule has 2 N–H and O–H groups in total. The van der Waals surface area contributed by atoms with Gasteiger partial charge in [-0.25, -0.2) is 4.79 Å². The molecule has 1 fully saturated rings. The van der Waals surface area contributed by atoms with Crippen molar-refractivity contribution in [2.75, 3.05) is 11.9 Å². The molecule has 1 aromatic carbocycles. The van der Waals surface area contributed by atoms with Crippen molar-refractivity contribution < 1.29 is 23.9 Å². The van der Waals surface area contributed by atoms with Gasteiger partial charge in [0.15, 0.2) is 18.3 Å². The third-order valence-electron chi connectivity index (χ3n) is 5.18. The molecular weight excluding hydrogens is 360 g/mol. The van der Waals surface area contributed by atoms with Crippen LogP contribution in [0.1, 0.15) is 39.5 Å². The number of nitrogens with one attached hydrogen (secondary N) is 2. The highest BCUT2D eigenvalue weighted by Crippen LogP contribution is 2.24. The molecule has 0 aromatic heterocycles. The molecule has 1 amide bonds. The summed E-state index contributed by atoms with van der Waals surface area (Å²) in [5.74, 6) is -1.24. The number of Topliss-reactive ketones (excluding diaryl/α,β-unsaturated/α-hetero) is 1. The van der Waals surface area contributed by atoms with E-state index in [0.717, 1.165) is 19.3 Å². The number of carbonyl (C=O) groups excluding carboxylic acids is 3. The highest BCUT2D eigenvalue weighted by Gasteiger charge is 2.35. The van der Waals surface area contributed by atoms with Crippen molar-refractivity contribution in [3.8, 4) is 0 Å². The van der Waals surface area contributed by atoms with E-state index in [0.29, 0.717) is 11.6 Å². The van der Waals surface area contributed by atoms with Gasteiger partial charge in [-0.3, -0.25) is 9.59 Å². The molecular formula is C21H26N2O5. The summed E-state index contributed by atoms with van der Waals surface area (Å²) < 4.78 is 10.6. The maximum atomic E-state index is 12.5. The third kappa shape index (κ3) is 4.71. The van der Waals surface area contributed by atoms with Crippen molar-refractivity contribution in [3.05, 3.63) is 41.8 Å². The van der Waals surface area contributed by atoms with E-state index < -0.39 is 17.9 Å². The van der Waals surface area contributed by atoms with Crippen LogP contribution < -0.4 is 10.6 Å². The number of para-hydroxylation sites is 1. The Morgan fingerprint density at radius 2 is 1.89 bits per heavy atom. The Balaban J connectivity index is 1.63. The van der Waals surface area contributed by atoms with Gasteiger partial charge in [-0.05, 0) is 37.8 Å². The summed E-state index contributed by atoms with van der Waals surface area (Å²) in [6.07, 6.45) is 3.26. The first-order valence-electron chi connectivity index (χ1n) is 9.69. The lowest BCUT2D eigenvalue weighted by Crippen LogP contribution is -2.46. The van der Waals surface area contributed by atoms with Gasteiger partial charge in [-0.2, -0.15) is 0 Å². The van der Waals surface area contributed by atoms with Gasteiger partial charge in [0.2, 0.25) is 11.7 Å². The number of ketones is 1. The van der Waals surface area contributed by atoms with E-state index in [9.17, 15) is 14.4 Å². The summed E-state index contributed by atoms with van der Waals surface area (Å²) in [4.78, 5) is 37.1. The predicted molar refractivity (Wildman–Crippen MR) is 103 cm³/mol. The zero-order valence-corrected chi connectivity index (χ0v) is 16.2. The maximum absolute atomic E-state index is 12.5. The highest BCUT2D eigenvalue weighted by molar-refractivity contribution is 6.20. The Hall–Kier alpha value is -2.83. The van der Waals surface area contributed by atoms with Crippen molar-refractivity contribution in [2.24, 2.45) is 5.92 Å². The molecule has 0 unspecified atom stereocenters. The van der Waals surface area contributed by atoms with Gasteiger partial charge >= 0.3 is 5.97 Å². The molecule has 150 valence electrons. The quantitative estimate of drug-likeness (QED) is 0.576. The van der Waals surface area contributed by atoms with Gasteiger partial charge in [-0.1, -0.05) is 38.0 Å². The number of ether oxygens (including phenoxy) is 2. The van der Waals surface area contributed by atoms with E-state index in [4.69, 9.17) is 9.47 Å². The minimum atomic E-state index is -1.000. The van der Waals surface area contributed by atoms with Crippen LogP contribution in [0.2, 0.25) is 0 Å². The van der Waals surface area contributed by atoms with Gasteiger partial charge in [0, 0.05) is 11.7 Å². The Bertz CT molecular complexity index is 774. The summed E-state index contributed by atoms with van der Waals surface area (Å²) >= 11 is 0. The molecule has 1 saturated carbocycles. The van der Waals surface area contributed by atoms with Crippen LogP contribution in [-0.2, 0) is 23.9 Å². The molecule has 0 spiro atoms. The smallest absolute Gasteiger partial charge is 0.348 e. The van der Waals surface area contributed by atoms with Crippen molar-refractivity contribution in [2.45, 2.75) is 51.7 Å².